The Kier molecular flexibility index (Phi) is 7.12. The lowest BCUT2D eigenvalue weighted by molar-refractivity contribution is -0.126. The monoisotopic (exact) mass is 586 g/mol. The number of amides is 1. The molecule has 0 saturated carbocycles. The van der Waals surface area contributed by atoms with Crippen LogP contribution < -0.4 is 14.8 Å². The van der Waals surface area contributed by atoms with Crippen LogP contribution in [0.2, 0.25) is 0 Å². The van der Waals surface area contributed by atoms with Gasteiger partial charge >= 0.3 is 0 Å². The van der Waals surface area contributed by atoms with Gasteiger partial charge in [0.05, 0.1) is 14.2 Å². The third kappa shape index (κ3) is 4.29. The number of fused-ring (bicyclic) bond motifs is 4. The molecule has 3 aliphatic rings. The fourth-order valence-electron chi connectivity index (χ4n) is 6.60. The van der Waals surface area contributed by atoms with Gasteiger partial charge in [-0.25, -0.2) is 0 Å². The van der Waals surface area contributed by atoms with Crippen molar-refractivity contribution < 1.29 is 34.4 Å². The van der Waals surface area contributed by atoms with E-state index in [9.17, 15) is 24.9 Å². The van der Waals surface area contributed by atoms with E-state index in [1.807, 2.05) is 24.3 Å². The summed E-state index contributed by atoms with van der Waals surface area (Å²) in [6, 6.07) is 16.9. The molecule has 4 atom stereocenters. The van der Waals surface area contributed by atoms with E-state index in [0.29, 0.717) is 28.4 Å². The Hall–Kier alpha value is -4.41. The highest BCUT2D eigenvalue weighted by atomic mass is 32.2. The molecular weight excluding hydrogens is 556 g/mol. The number of rotatable bonds is 7. The van der Waals surface area contributed by atoms with Crippen LogP contribution in [0.1, 0.15) is 22.6 Å². The first-order chi connectivity index (χ1) is 20.3. The summed E-state index contributed by atoms with van der Waals surface area (Å²) in [5, 5.41) is 34.1. The molecule has 2 fully saturated rings. The predicted molar refractivity (Wildman–Crippen MR) is 160 cm³/mol. The van der Waals surface area contributed by atoms with Crippen molar-refractivity contribution in [3.8, 4) is 23.0 Å². The van der Waals surface area contributed by atoms with Crippen molar-refractivity contribution >= 4 is 35.2 Å². The maximum absolute atomic E-state index is 14.1. The molecule has 0 aromatic heterocycles. The van der Waals surface area contributed by atoms with Crippen LogP contribution in [0.25, 0.3) is 6.08 Å². The molecule has 216 valence electrons. The van der Waals surface area contributed by atoms with Crippen LogP contribution in [0.5, 0.6) is 23.0 Å². The number of aliphatic hydroxyl groups excluding tert-OH is 1. The lowest BCUT2D eigenvalue weighted by Gasteiger charge is -2.37. The van der Waals surface area contributed by atoms with Crippen molar-refractivity contribution in [2.75, 3.05) is 31.2 Å². The zero-order chi connectivity index (χ0) is 29.6. The van der Waals surface area contributed by atoms with Gasteiger partial charge in [-0.1, -0.05) is 36.4 Å². The summed E-state index contributed by atoms with van der Waals surface area (Å²) in [6.45, 7) is 0. The zero-order valence-corrected chi connectivity index (χ0v) is 23.8. The molecule has 3 aromatic rings. The van der Waals surface area contributed by atoms with Gasteiger partial charge in [-0.15, -0.1) is 11.8 Å². The van der Waals surface area contributed by atoms with Crippen LogP contribution >= 0.6 is 11.8 Å². The van der Waals surface area contributed by atoms with Gasteiger partial charge in [0.1, 0.15) is 11.3 Å². The Bertz CT molecular complexity index is 1640. The number of thioether (sulfide) groups is 1. The molecule has 0 radical (unpaired) electrons. The summed E-state index contributed by atoms with van der Waals surface area (Å²) in [5.74, 6) is -0.423. The van der Waals surface area contributed by atoms with Crippen LogP contribution in [0.3, 0.4) is 0 Å². The molecule has 2 saturated heterocycles. The van der Waals surface area contributed by atoms with Crippen LogP contribution in [0, 0.1) is 5.92 Å². The summed E-state index contributed by atoms with van der Waals surface area (Å²) < 4.78 is 10.5. The van der Waals surface area contributed by atoms with E-state index in [1.165, 1.54) is 38.5 Å². The molecule has 4 N–H and O–H groups in total. The number of methoxy groups -OCH3 is 2. The number of aliphatic hydroxyl groups is 1. The van der Waals surface area contributed by atoms with Gasteiger partial charge in [-0.05, 0) is 47.5 Å². The first-order valence-corrected chi connectivity index (χ1v) is 14.6. The number of hydrogen-bond donors (Lipinski definition) is 4. The number of nitrogens with one attached hydrogen (secondary N) is 1. The minimum Gasteiger partial charge on any atom is -0.508 e. The topological polar surface area (TPSA) is 129 Å². The third-order valence-corrected chi connectivity index (χ3v) is 9.40. The molecule has 3 aliphatic heterocycles. The number of anilines is 1. The zero-order valence-electron chi connectivity index (χ0n) is 23.0. The number of phenolic OH excluding ortho intramolecular Hbond substituents is 2. The number of carbonyl (C=O) groups excluding carboxylic acids is 2. The first kappa shape index (κ1) is 27.7. The minimum absolute atomic E-state index is 0.00633. The van der Waals surface area contributed by atoms with E-state index in [2.05, 4.69) is 10.2 Å². The number of aromatic hydroxyl groups is 2. The predicted octanol–water partition coefficient (Wildman–Crippen LogP) is 4.78. The molecule has 3 heterocycles. The second kappa shape index (κ2) is 10.8. The Morgan fingerprint density at radius 3 is 2.52 bits per heavy atom. The third-order valence-electron chi connectivity index (χ3n) is 8.36. The molecule has 1 spiro atoms. The molecule has 4 unspecified atom stereocenters. The summed E-state index contributed by atoms with van der Waals surface area (Å²) in [7, 11) is 2.90. The van der Waals surface area contributed by atoms with E-state index in [1.54, 1.807) is 42.1 Å². The summed E-state index contributed by atoms with van der Waals surface area (Å²) in [6.07, 6.45) is 4.23. The van der Waals surface area contributed by atoms with Crippen LogP contribution in [0.15, 0.2) is 78.6 Å². The van der Waals surface area contributed by atoms with E-state index >= 15 is 0 Å². The maximum atomic E-state index is 14.1. The van der Waals surface area contributed by atoms with Gasteiger partial charge in [0.2, 0.25) is 5.91 Å². The number of phenols is 2. The van der Waals surface area contributed by atoms with Gasteiger partial charge in [-0.2, -0.15) is 0 Å². The Labute approximate surface area is 247 Å². The summed E-state index contributed by atoms with van der Waals surface area (Å²) in [5.41, 5.74) is 1.66. The molecule has 0 bridgehead atoms. The van der Waals surface area contributed by atoms with Crippen molar-refractivity contribution in [3.05, 3.63) is 95.3 Å². The van der Waals surface area contributed by atoms with Crippen LogP contribution in [0.4, 0.5) is 5.69 Å². The van der Waals surface area contributed by atoms with Gasteiger partial charge < -0.3 is 30.1 Å². The molecule has 6 rings (SSSR count). The smallest absolute Gasteiger partial charge is 0.250 e. The Morgan fingerprint density at radius 2 is 1.76 bits per heavy atom. The molecule has 0 aliphatic carbocycles. The number of nitrogens with zero attached hydrogens (tertiary/aromatic N) is 1. The average molecular weight is 587 g/mol. The van der Waals surface area contributed by atoms with Crippen LogP contribution in [-0.2, 0) is 15.1 Å². The quantitative estimate of drug-likeness (QED) is 0.176. The minimum atomic E-state index is -1.17. The lowest BCUT2D eigenvalue weighted by Crippen LogP contribution is -2.50. The summed E-state index contributed by atoms with van der Waals surface area (Å²) >= 11 is 1.66. The largest absolute Gasteiger partial charge is 0.508 e. The van der Waals surface area contributed by atoms with E-state index < -0.39 is 17.4 Å². The standard InChI is InChI=1S/C32H30N2O7S/c1-40-27-13-18(8-11-24(27)36)7-10-20(35)15-26(38)29-23-16-42-17-34(23)32(21-5-3-4-6-22(21)33-31(32)39)30(29)19-9-12-25(37)28(14-19)41-2/h3-15,23,29-30,35-37H,16-17H2,1-2H3,(H,33,39)/b10-7+,20-15-. The second-order valence-corrected chi connectivity index (χ2v) is 11.5. The van der Waals surface area contributed by atoms with E-state index in [-0.39, 0.29) is 46.5 Å². The molecule has 3 aromatic carbocycles. The number of benzene rings is 3. The van der Waals surface area contributed by atoms with Gasteiger partial charge in [0.25, 0.3) is 0 Å². The number of allylic oxidation sites excluding steroid dienone is 2. The molecular formula is C32H30N2O7S. The van der Waals surface area contributed by atoms with E-state index in [4.69, 9.17) is 9.47 Å². The number of ether oxygens (including phenoxy) is 2. The first-order valence-electron chi connectivity index (χ1n) is 13.4. The number of para-hydroxylation sites is 1. The fourth-order valence-corrected chi connectivity index (χ4v) is 7.92. The van der Waals surface area contributed by atoms with Gasteiger partial charge in [-0.3, -0.25) is 14.5 Å². The van der Waals surface area contributed by atoms with Crippen molar-refractivity contribution in [2.24, 2.45) is 5.92 Å². The van der Waals surface area contributed by atoms with E-state index in [0.717, 1.165) is 5.56 Å². The number of hydrogen-bond acceptors (Lipinski definition) is 9. The number of carbonyl (C=O) groups is 2. The maximum Gasteiger partial charge on any atom is 0.250 e. The Morgan fingerprint density at radius 1 is 1.05 bits per heavy atom. The molecule has 42 heavy (non-hydrogen) atoms. The van der Waals surface area contributed by atoms with Crippen molar-refractivity contribution in [1.82, 2.24) is 4.90 Å². The SMILES string of the molecule is COc1cc(/C=C/C(O)=C/C(=O)C2C3CSCN3C3(C(=O)Nc4ccccc43)C2c2ccc(O)c(OC)c2)ccc1O. The summed E-state index contributed by atoms with van der Waals surface area (Å²) in [4.78, 5) is 30.3. The molecule has 9 nitrogen and oxygen atoms in total. The number of ketones is 1. The highest BCUT2D eigenvalue weighted by Gasteiger charge is 2.68. The van der Waals surface area contributed by atoms with Crippen molar-refractivity contribution in [3.63, 3.8) is 0 Å². The molecule has 10 heteroatoms. The Balaban J connectivity index is 1.45. The highest BCUT2D eigenvalue weighted by molar-refractivity contribution is 7.99. The molecule has 1 amide bonds. The van der Waals surface area contributed by atoms with Gasteiger partial charge in [0.15, 0.2) is 28.8 Å². The normalized spacial score (nSPS) is 25.0. The van der Waals surface area contributed by atoms with Crippen molar-refractivity contribution in [1.29, 1.82) is 0 Å². The lowest BCUT2D eigenvalue weighted by atomic mass is 9.70. The fraction of sp³-hybridized carbons (Fsp3) is 0.250. The van der Waals surface area contributed by atoms with Crippen molar-refractivity contribution in [2.45, 2.75) is 17.5 Å². The van der Waals surface area contributed by atoms with Gasteiger partial charge in [0, 0.05) is 46.8 Å². The second-order valence-electron chi connectivity index (χ2n) is 10.5. The highest BCUT2D eigenvalue weighted by Crippen LogP contribution is 2.62. The van der Waals surface area contributed by atoms with Crippen LogP contribution in [-0.4, -0.2) is 63.8 Å². The average Bonchev–Trinajstić information content (AvgIpc) is 3.65.